The quantitative estimate of drug-likeness (QED) is 0.391. The van der Waals surface area contributed by atoms with Crippen LogP contribution in [0.25, 0.3) is 10.2 Å². The SMILES string of the molecule is CC1CCc2c(sc3ncn(CC(=O)c4cccc([N+](=O)[O-])c4)c(=O)c23)C1. The Morgan fingerprint density at radius 1 is 1.44 bits per heavy atom. The summed E-state index contributed by atoms with van der Waals surface area (Å²) in [7, 11) is 0. The minimum Gasteiger partial charge on any atom is -0.292 e. The number of benzene rings is 1. The van der Waals surface area contributed by atoms with E-state index in [1.807, 2.05) is 0 Å². The van der Waals surface area contributed by atoms with Crippen molar-refractivity contribution >= 4 is 33.0 Å². The monoisotopic (exact) mass is 383 g/mol. The van der Waals surface area contributed by atoms with Gasteiger partial charge in [0.1, 0.15) is 4.83 Å². The summed E-state index contributed by atoms with van der Waals surface area (Å²) in [5, 5.41) is 11.5. The third kappa shape index (κ3) is 3.16. The lowest BCUT2D eigenvalue weighted by molar-refractivity contribution is -0.384. The highest BCUT2D eigenvalue weighted by Crippen LogP contribution is 2.35. The third-order valence-electron chi connectivity index (χ3n) is 4.98. The van der Waals surface area contributed by atoms with Gasteiger partial charge in [0.25, 0.3) is 11.2 Å². The average molecular weight is 383 g/mol. The van der Waals surface area contributed by atoms with E-state index in [1.165, 1.54) is 40.0 Å². The summed E-state index contributed by atoms with van der Waals surface area (Å²) < 4.78 is 1.30. The van der Waals surface area contributed by atoms with Gasteiger partial charge in [-0.15, -0.1) is 11.3 Å². The van der Waals surface area contributed by atoms with Crippen LogP contribution in [0.15, 0.2) is 35.4 Å². The summed E-state index contributed by atoms with van der Waals surface area (Å²) in [4.78, 5) is 42.2. The van der Waals surface area contributed by atoms with Gasteiger partial charge in [0, 0.05) is 22.6 Å². The van der Waals surface area contributed by atoms with Gasteiger partial charge in [0.2, 0.25) is 0 Å². The lowest BCUT2D eigenvalue weighted by Gasteiger charge is -2.17. The molecule has 2 heterocycles. The van der Waals surface area contributed by atoms with E-state index in [2.05, 4.69) is 11.9 Å². The molecule has 3 aromatic rings. The number of rotatable bonds is 4. The lowest BCUT2D eigenvalue weighted by atomic mass is 9.89. The lowest BCUT2D eigenvalue weighted by Crippen LogP contribution is -2.25. The fraction of sp³-hybridized carbons (Fsp3) is 0.316. The molecule has 27 heavy (non-hydrogen) atoms. The fourth-order valence-electron chi connectivity index (χ4n) is 3.52. The van der Waals surface area contributed by atoms with Crippen molar-refractivity contribution < 1.29 is 9.72 Å². The molecule has 7 nitrogen and oxygen atoms in total. The van der Waals surface area contributed by atoms with Gasteiger partial charge in [-0.25, -0.2) is 4.98 Å². The first-order chi connectivity index (χ1) is 12.9. The molecule has 2 aromatic heterocycles. The first-order valence-electron chi connectivity index (χ1n) is 8.71. The van der Waals surface area contributed by atoms with Crippen LogP contribution in [0.5, 0.6) is 0 Å². The number of nitrogens with zero attached hydrogens (tertiary/aromatic N) is 3. The van der Waals surface area contributed by atoms with Gasteiger partial charge in [-0.2, -0.15) is 0 Å². The number of aryl methyl sites for hydroxylation is 1. The highest BCUT2D eigenvalue weighted by Gasteiger charge is 2.23. The zero-order valence-electron chi connectivity index (χ0n) is 14.7. The Kier molecular flexibility index (Phi) is 4.35. The Balaban J connectivity index is 1.69. The zero-order valence-corrected chi connectivity index (χ0v) is 15.5. The molecule has 0 saturated carbocycles. The maximum absolute atomic E-state index is 13.0. The smallest absolute Gasteiger partial charge is 0.270 e. The van der Waals surface area contributed by atoms with Crippen LogP contribution >= 0.6 is 11.3 Å². The largest absolute Gasteiger partial charge is 0.292 e. The van der Waals surface area contributed by atoms with Crippen LogP contribution in [0.4, 0.5) is 5.69 Å². The number of carbonyl (C=O) groups is 1. The molecule has 0 amide bonds. The highest BCUT2D eigenvalue weighted by atomic mass is 32.1. The molecule has 138 valence electrons. The van der Waals surface area contributed by atoms with E-state index in [4.69, 9.17) is 0 Å². The Hall–Kier alpha value is -2.87. The molecule has 4 rings (SSSR count). The Labute approximate surface area is 158 Å². The summed E-state index contributed by atoms with van der Waals surface area (Å²) in [5.74, 6) is 0.239. The summed E-state index contributed by atoms with van der Waals surface area (Å²) >= 11 is 1.56. The molecule has 1 aliphatic rings. The van der Waals surface area contributed by atoms with Crippen molar-refractivity contribution in [2.45, 2.75) is 32.7 Å². The molecule has 0 fully saturated rings. The van der Waals surface area contributed by atoms with Crippen LogP contribution in [0, 0.1) is 16.0 Å². The Morgan fingerprint density at radius 3 is 3.04 bits per heavy atom. The topological polar surface area (TPSA) is 95.1 Å². The zero-order chi connectivity index (χ0) is 19.1. The van der Waals surface area contributed by atoms with Crippen molar-refractivity contribution in [3.05, 3.63) is 67.1 Å². The van der Waals surface area contributed by atoms with E-state index in [1.54, 1.807) is 11.3 Å². The van der Waals surface area contributed by atoms with Crippen LogP contribution in [-0.4, -0.2) is 20.3 Å². The fourth-order valence-corrected chi connectivity index (χ4v) is 4.86. The number of fused-ring (bicyclic) bond motifs is 3. The molecule has 0 radical (unpaired) electrons. The predicted octanol–water partition coefficient (Wildman–Crippen LogP) is 3.37. The number of Topliss-reactive ketones (excluding diaryl/α,β-unsaturated/α-hetero) is 1. The maximum atomic E-state index is 13.0. The van der Waals surface area contributed by atoms with E-state index in [0.717, 1.165) is 29.7 Å². The van der Waals surface area contributed by atoms with Crippen LogP contribution < -0.4 is 5.56 Å². The van der Waals surface area contributed by atoms with Crippen molar-refractivity contribution in [3.63, 3.8) is 0 Å². The second-order valence-electron chi connectivity index (χ2n) is 6.94. The van der Waals surface area contributed by atoms with Gasteiger partial charge in [-0.05, 0) is 30.7 Å². The van der Waals surface area contributed by atoms with Crippen LogP contribution in [0.1, 0.15) is 34.1 Å². The molecule has 0 bridgehead atoms. The summed E-state index contributed by atoms with van der Waals surface area (Å²) in [5.41, 5.74) is 0.911. The van der Waals surface area contributed by atoms with Crippen LogP contribution in [0.2, 0.25) is 0 Å². The normalized spacial score (nSPS) is 16.3. The average Bonchev–Trinajstić information content (AvgIpc) is 3.02. The summed E-state index contributed by atoms with van der Waals surface area (Å²) in [6.45, 7) is 2.01. The van der Waals surface area contributed by atoms with E-state index >= 15 is 0 Å². The molecule has 1 atom stereocenters. The summed E-state index contributed by atoms with van der Waals surface area (Å²) in [6, 6.07) is 5.54. The second kappa shape index (κ2) is 6.70. The molecule has 0 spiro atoms. The molecule has 0 saturated heterocycles. The van der Waals surface area contributed by atoms with Gasteiger partial charge >= 0.3 is 0 Å². The van der Waals surface area contributed by atoms with E-state index in [-0.39, 0.29) is 29.1 Å². The number of aromatic nitrogens is 2. The molecule has 0 aliphatic heterocycles. The number of ketones is 1. The van der Waals surface area contributed by atoms with Gasteiger partial charge in [-0.3, -0.25) is 24.3 Å². The second-order valence-corrected chi connectivity index (χ2v) is 8.02. The number of hydrogen-bond acceptors (Lipinski definition) is 6. The third-order valence-corrected chi connectivity index (χ3v) is 6.14. The Morgan fingerprint density at radius 2 is 2.26 bits per heavy atom. The predicted molar refractivity (Wildman–Crippen MR) is 102 cm³/mol. The van der Waals surface area contributed by atoms with Crippen LogP contribution in [0.3, 0.4) is 0 Å². The molecule has 8 heteroatoms. The first-order valence-corrected chi connectivity index (χ1v) is 9.53. The number of hydrogen-bond donors (Lipinski definition) is 0. The van der Waals surface area contributed by atoms with E-state index in [0.29, 0.717) is 11.3 Å². The minimum atomic E-state index is -0.546. The number of nitro benzene ring substituents is 1. The van der Waals surface area contributed by atoms with Gasteiger partial charge in [0.15, 0.2) is 5.78 Å². The number of nitro groups is 1. The molecular formula is C19H17N3O4S. The molecule has 1 aliphatic carbocycles. The number of carbonyl (C=O) groups excluding carboxylic acids is 1. The maximum Gasteiger partial charge on any atom is 0.270 e. The molecule has 0 N–H and O–H groups in total. The van der Waals surface area contributed by atoms with Crippen molar-refractivity contribution in [2.75, 3.05) is 0 Å². The van der Waals surface area contributed by atoms with Gasteiger partial charge in [0.05, 0.1) is 23.2 Å². The van der Waals surface area contributed by atoms with Crippen molar-refractivity contribution in [1.82, 2.24) is 9.55 Å². The first kappa shape index (κ1) is 17.5. The Bertz CT molecular complexity index is 1130. The van der Waals surface area contributed by atoms with Crippen molar-refractivity contribution in [1.29, 1.82) is 0 Å². The molecule has 1 unspecified atom stereocenters. The number of non-ortho nitro benzene ring substituents is 1. The van der Waals surface area contributed by atoms with Gasteiger partial charge < -0.3 is 0 Å². The number of thiophene rings is 1. The minimum absolute atomic E-state index is 0.150. The van der Waals surface area contributed by atoms with E-state index < -0.39 is 4.92 Å². The van der Waals surface area contributed by atoms with Gasteiger partial charge in [-0.1, -0.05) is 19.1 Å². The van der Waals surface area contributed by atoms with Crippen molar-refractivity contribution in [2.24, 2.45) is 5.92 Å². The van der Waals surface area contributed by atoms with Crippen molar-refractivity contribution in [3.8, 4) is 0 Å². The molecule has 1 aromatic carbocycles. The highest BCUT2D eigenvalue weighted by molar-refractivity contribution is 7.18. The van der Waals surface area contributed by atoms with Crippen LogP contribution in [-0.2, 0) is 19.4 Å². The standard InChI is InChI=1S/C19H17N3O4S/c1-11-5-6-14-16(7-11)27-18-17(14)19(24)21(10-20-18)9-15(23)12-3-2-4-13(8-12)22(25)26/h2-4,8,10-11H,5-7,9H2,1H3. The molecular weight excluding hydrogens is 366 g/mol. The summed E-state index contributed by atoms with van der Waals surface area (Å²) in [6.07, 6.45) is 4.25. The van der Waals surface area contributed by atoms with E-state index in [9.17, 15) is 19.7 Å².